The molecule has 0 amide bonds. The number of fused-ring (bicyclic) bond motifs is 1. The van der Waals surface area contributed by atoms with E-state index in [0.717, 1.165) is 24.5 Å². The lowest BCUT2D eigenvalue weighted by molar-refractivity contribution is 0.297. The highest BCUT2D eigenvalue weighted by Crippen LogP contribution is 2.30. The largest absolute Gasteiger partial charge is 0.491 e. The fourth-order valence-electron chi connectivity index (χ4n) is 2.53. The summed E-state index contributed by atoms with van der Waals surface area (Å²) >= 11 is 0. The first-order chi connectivity index (χ1) is 9.43. The number of aromatic nitrogens is 1. The van der Waals surface area contributed by atoms with Crippen LogP contribution in [-0.2, 0) is 6.42 Å². The van der Waals surface area contributed by atoms with Crippen molar-refractivity contribution in [3.63, 3.8) is 0 Å². The standard InChI is InChI=1S/C15H18N2O2/c1-4-14(13-6-9-19-15(13)5-1)17-8-10-18-12-3-2-7-16-11-12/h2-3,6-7,9,11,14,17H,1,4-5,8,10H2/t14-/m1/s1. The molecule has 100 valence electrons. The molecule has 3 rings (SSSR count). The van der Waals surface area contributed by atoms with Crippen LogP contribution in [0.15, 0.2) is 41.3 Å². The van der Waals surface area contributed by atoms with E-state index in [1.165, 1.54) is 18.4 Å². The van der Waals surface area contributed by atoms with Crippen LogP contribution in [0.5, 0.6) is 5.75 Å². The van der Waals surface area contributed by atoms with E-state index in [-0.39, 0.29) is 0 Å². The van der Waals surface area contributed by atoms with E-state index in [9.17, 15) is 0 Å². The highest BCUT2D eigenvalue weighted by Gasteiger charge is 2.21. The molecular formula is C15H18N2O2. The highest BCUT2D eigenvalue weighted by molar-refractivity contribution is 5.24. The fourth-order valence-corrected chi connectivity index (χ4v) is 2.53. The summed E-state index contributed by atoms with van der Waals surface area (Å²) in [5.74, 6) is 1.95. The van der Waals surface area contributed by atoms with E-state index >= 15 is 0 Å². The van der Waals surface area contributed by atoms with Crippen LogP contribution in [0.3, 0.4) is 0 Å². The van der Waals surface area contributed by atoms with Crippen molar-refractivity contribution in [3.05, 3.63) is 48.2 Å². The maximum absolute atomic E-state index is 5.62. The summed E-state index contributed by atoms with van der Waals surface area (Å²) in [5.41, 5.74) is 1.31. The number of furan rings is 1. The van der Waals surface area contributed by atoms with Crippen molar-refractivity contribution < 1.29 is 9.15 Å². The lowest BCUT2D eigenvalue weighted by Gasteiger charge is -2.22. The van der Waals surface area contributed by atoms with Gasteiger partial charge in [-0.25, -0.2) is 0 Å². The molecule has 19 heavy (non-hydrogen) atoms. The Balaban J connectivity index is 1.46. The molecule has 2 aromatic heterocycles. The van der Waals surface area contributed by atoms with Gasteiger partial charge < -0.3 is 14.5 Å². The van der Waals surface area contributed by atoms with Gasteiger partial charge in [0.05, 0.1) is 12.5 Å². The smallest absolute Gasteiger partial charge is 0.137 e. The average Bonchev–Trinajstić information content (AvgIpc) is 2.94. The molecule has 0 fully saturated rings. The molecule has 1 atom stereocenters. The van der Waals surface area contributed by atoms with E-state index in [0.29, 0.717) is 12.6 Å². The number of ether oxygens (including phenoxy) is 1. The van der Waals surface area contributed by atoms with E-state index in [1.54, 1.807) is 18.7 Å². The van der Waals surface area contributed by atoms with Gasteiger partial charge in [-0.2, -0.15) is 0 Å². The van der Waals surface area contributed by atoms with Crippen molar-refractivity contribution in [2.24, 2.45) is 0 Å². The normalized spacial score (nSPS) is 18.0. The summed E-state index contributed by atoms with van der Waals surface area (Å²) in [6.45, 7) is 1.47. The molecule has 1 aliphatic carbocycles. The van der Waals surface area contributed by atoms with Crippen molar-refractivity contribution >= 4 is 0 Å². The van der Waals surface area contributed by atoms with Crippen molar-refractivity contribution in [2.45, 2.75) is 25.3 Å². The minimum atomic E-state index is 0.403. The van der Waals surface area contributed by atoms with Gasteiger partial charge in [-0.1, -0.05) is 0 Å². The number of aryl methyl sites for hydroxylation is 1. The molecule has 2 aromatic rings. The molecule has 4 heteroatoms. The van der Waals surface area contributed by atoms with E-state index < -0.39 is 0 Å². The van der Waals surface area contributed by atoms with Gasteiger partial charge in [-0.15, -0.1) is 0 Å². The van der Waals surface area contributed by atoms with Gasteiger partial charge in [0, 0.05) is 30.8 Å². The van der Waals surface area contributed by atoms with Crippen LogP contribution >= 0.6 is 0 Å². The second-order valence-corrected chi connectivity index (χ2v) is 4.74. The summed E-state index contributed by atoms with van der Waals surface area (Å²) < 4.78 is 11.1. The van der Waals surface area contributed by atoms with Gasteiger partial charge in [-0.05, 0) is 31.0 Å². The molecule has 0 unspecified atom stereocenters. The summed E-state index contributed by atoms with van der Waals surface area (Å²) in [6, 6.07) is 6.28. The monoisotopic (exact) mass is 258 g/mol. The third kappa shape index (κ3) is 2.96. The first-order valence-electron chi connectivity index (χ1n) is 6.76. The zero-order valence-corrected chi connectivity index (χ0v) is 10.8. The zero-order valence-electron chi connectivity index (χ0n) is 10.8. The number of hydrogen-bond donors (Lipinski definition) is 1. The zero-order chi connectivity index (χ0) is 12.9. The quantitative estimate of drug-likeness (QED) is 0.838. The van der Waals surface area contributed by atoms with E-state index in [2.05, 4.69) is 16.4 Å². The maximum Gasteiger partial charge on any atom is 0.137 e. The van der Waals surface area contributed by atoms with E-state index in [4.69, 9.17) is 9.15 Å². The van der Waals surface area contributed by atoms with Crippen LogP contribution in [-0.4, -0.2) is 18.1 Å². The third-order valence-electron chi connectivity index (χ3n) is 3.45. The number of nitrogens with zero attached hydrogens (tertiary/aromatic N) is 1. The predicted molar refractivity (Wildman–Crippen MR) is 72.1 cm³/mol. The van der Waals surface area contributed by atoms with Gasteiger partial charge in [0.15, 0.2) is 0 Å². The Hall–Kier alpha value is -1.81. The summed E-state index contributed by atoms with van der Waals surface area (Å²) in [5, 5.41) is 3.53. The topological polar surface area (TPSA) is 47.3 Å². The number of rotatable bonds is 5. The van der Waals surface area contributed by atoms with Gasteiger partial charge in [-0.3, -0.25) is 4.98 Å². The van der Waals surface area contributed by atoms with Crippen molar-refractivity contribution in [1.82, 2.24) is 10.3 Å². The Morgan fingerprint density at radius 1 is 1.42 bits per heavy atom. The molecule has 4 nitrogen and oxygen atoms in total. The van der Waals surface area contributed by atoms with Crippen LogP contribution in [0.1, 0.15) is 30.2 Å². The minimum Gasteiger partial charge on any atom is -0.491 e. The first-order valence-corrected chi connectivity index (χ1v) is 6.76. The SMILES string of the molecule is c1cncc(OCCN[C@@H]2CCCc3occc32)c1. The number of hydrogen-bond acceptors (Lipinski definition) is 4. The van der Waals surface area contributed by atoms with Gasteiger partial charge >= 0.3 is 0 Å². The Bertz CT molecular complexity index is 510. The number of nitrogens with one attached hydrogen (secondary N) is 1. The molecule has 0 spiro atoms. The molecule has 0 aliphatic heterocycles. The lowest BCUT2D eigenvalue weighted by atomic mass is 9.93. The van der Waals surface area contributed by atoms with Crippen LogP contribution < -0.4 is 10.1 Å². The summed E-state index contributed by atoms with van der Waals surface area (Å²) in [7, 11) is 0. The van der Waals surface area contributed by atoms with Gasteiger partial charge in [0.1, 0.15) is 18.1 Å². The molecule has 1 aliphatic rings. The summed E-state index contributed by atoms with van der Waals surface area (Å²) in [4.78, 5) is 4.02. The van der Waals surface area contributed by atoms with Crippen LogP contribution in [0, 0.1) is 0 Å². The minimum absolute atomic E-state index is 0.403. The molecule has 0 saturated carbocycles. The first kappa shape index (κ1) is 12.2. The Kier molecular flexibility index (Phi) is 3.79. The third-order valence-corrected chi connectivity index (χ3v) is 3.45. The van der Waals surface area contributed by atoms with Gasteiger partial charge in [0.25, 0.3) is 0 Å². The van der Waals surface area contributed by atoms with Crippen LogP contribution in [0.2, 0.25) is 0 Å². The molecular weight excluding hydrogens is 240 g/mol. The molecule has 1 N–H and O–H groups in total. The molecule has 0 aromatic carbocycles. The Morgan fingerprint density at radius 2 is 2.42 bits per heavy atom. The highest BCUT2D eigenvalue weighted by atomic mass is 16.5. The summed E-state index contributed by atoms with van der Waals surface area (Å²) in [6.07, 6.45) is 8.67. The Labute approximate surface area is 112 Å². The molecule has 2 heterocycles. The van der Waals surface area contributed by atoms with Crippen molar-refractivity contribution in [2.75, 3.05) is 13.2 Å². The maximum atomic E-state index is 5.62. The molecule has 0 radical (unpaired) electrons. The van der Waals surface area contributed by atoms with Crippen LogP contribution in [0.25, 0.3) is 0 Å². The number of pyridine rings is 1. The average molecular weight is 258 g/mol. The predicted octanol–water partition coefficient (Wildman–Crippen LogP) is 2.72. The second-order valence-electron chi connectivity index (χ2n) is 4.74. The molecule has 0 saturated heterocycles. The van der Waals surface area contributed by atoms with Crippen molar-refractivity contribution in [3.8, 4) is 5.75 Å². The fraction of sp³-hybridized carbons (Fsp3) is 0.400. The second kappa shape index (κ2) is 5.89. The van der Waals surface area contributed by atoms with Crippen LogP contribution in [0.4, 0.5) is 0 Å². The molecule has 0 bridgehead atoms. The van der Waals surface area contributed by atoms with E-state index in [1.807, 2.05) is 12.1 Å². The Morgan fingerprint density at radius 3 is 3.32 bits per heavy atom. The lowest BCUT2D eigenvalue weighted by Crippen LogP contribution is -2.28. The van der Waals surface area contributed by atoms with Crippen molar-refractivity contribution in [1.29, 1.82) is 0 Å². The van der Waals surface area contributed by atoms with Gasteiger partial charge in [0.2, 0.25) is 0 Å².